The van der Waals surface area contributed by atoms with Crippen molar-refractivity contribution in [1.29, 1.82) is 0 Å². The van der Waals surface area contributed by atoms with Crippen molar-refractivity contribution >= 4 is 16.2 Å². The van der Waals surface area contributed by atoms with Crippen molar-refractivity contribution in [2.45, 2.75) is 4.90 Å². The second-order valence-corrected chi connectivity index (χ2v) is 6.11. The van der Waals surface area contributed by atoms with Gasteiger partial charge in [-0.2, -0.15) is 12.8 Å². The lowest BCUT2D eigenvalue weighted by Crippen LogP contribution is -1.99. The van der Waals surface area contributed by atoms with Gasteiger partial charge >= 0.3 is 0 Å². The second kappa shape index (κ2) is 6.57. The van der Waals surface area contributed by atoms with E-state index in [4.69, 9.17) is 9.47 Å². The molecule has 0 radical (unpaired) electrons. The molecular weight excluding hydrogens is 322 g/mol. The van der Waals surface area contributed by atoms with Gasteiger partial charge in [-0.25, -0.2) is 0 Å². The first-order valence-electron chi connectivity index (χ1n) is 6.41. The number of nitrogens with zero attached hydrogens (tertiary/aromatic N) is 1. The lowest BCUT2D eigenvalue weighted by atomic mass is 10.2. The van der Waals surface area contributed by atoms with Crippen LogP contribution in [0.3, 0.4) is 0 Å². The monoisotopic (exact) mass is 337 g/mol. The molecule has 2 aromatic carbocycles. The molecule has 0 amide bonds. The van der Waals surface area contributed by atoms with Gasteiger partial charge in [0.2, 0.25) is 0 Å². The normalized spacial score (nSPS) is 11.6. The third-order valence-electron chi connectivity index (χ3n) is 2.99. The van der Waals surface area contributed by atoms with E-state index in [-0.39, 0.29) is 27.9 Å². The summed E-state index contributed by atoms with van der Waals surface area (Å²) in [4.78, 5) is -0.117. The van der Waals surface area contributed by atoms with E-state index in [0.717, 1.165) is 6.21 Å². The molecule has 2 aromatic rings. The Morgan fingerprint density at radius 2 is 1.52 bits per heavy atom. The van der Waals surface area contributed by atoms with E-state index in [1.54, 1.807) is 0 Å². The molecule has 2 rings (SSSR count). The first-order chi connectivity index (χ1) is 10.9. The number of aromatic hydroxyl groups is 2. The van der Waals surface area contributed by atoms with Crippen molar-refractivity contribution in [3.05, 3.63) is 42.0 Å². The minimum Gasteiger partial charge on any atom is -0.504 e. The van der Waals surface area contributed by atoms with Crippen molar-refractivity contribution in [3.8, 4) is 23.0 Å². The maximum Gasteiger partial charge on any atom is 0.282 e. The summed E-state index contributed by atoms with van der Waals surface area (Å²) in [7, 11) is -1.26. The van der Waals surface area contributed by atoms with Crippen molar-refractivity contribution < 1.29 is 28.1 Å². The highest BCUT2D eigenvalue weighted by molar-refractivity contribution is 7.90. The van der Waals surface area contributed by atoms with E-state index in [0.29, 0.717) is 5.56 Å². The van der Waals surface area contributed by atoms with Crippen LogP contribution in [0, 0.1) is 0 Å². The molecule has 0 heterocycles. The molecule has 0 bridgehead atoms. The van der Waals surface area contributed by atoms with Gasteiger partial charge in [-0.05, 0) is 35.9 Å². The second-order valence-electron chi connectivity index (χ2n) is 4.47. The lowest BCUT2D eigenvalue weighted by molar-refractivity contribution is 0.372. The standard InChI is InChI=1S/C15H15NO6S/c1-21-14-7-10(3-5-12(14)17)9-16-23(19,20)11-4-6-13(18)15(8-11)22-2/h3-9,17-18H,1-2H3. The van der Waals surface area contributed by atoms with Crippen LogP contribution >= 0.6 is 0 Å². The molecule has 0 aliphatic heterocycles. The number of hydrogen-bond acceptors (Lipinski definition) is 6. The van der Waals surface area contributed by atoms with Gasteiger partial charge in [0.05, 0.1) is 19.1 Å². The number of methoxy groups -OCH3 is 2. The number of phenolic OH excluding ortho intramolecular Hbond substituents is 2. The van der Waals surface area contributed by atoms with Gasteiger partial charge in [-0.1, -0.05) is 0 Å². The number of sulfonamides is 1. The summed E-state index contributed by atoms with van der Waals surface area (Å²) in [6, 6.07) is 7.93. The van der Waals surface area contributed by atoms with Crippen LogP contribution in [-0.2, 0) is 10.0 Å². The van der Waals surface area contributed by atoms with E-state index in [9.17, 15) is 18.6 Å². The smallest absolute Gasteiger partial charge is 0.282 e. The molecular formula is C15H15NO6S. The Morgan fingerprint density at radius 3 is 2.13 bits per heavy atom. The number of phenols is 2. The number of ether oxygens (including phenoxy) is 2. The summed E-state index contributed by atoms with van der Waals surface area (Å²) in [5.41, 5.74) is 0.439. The van der Waals surface area contributed by atoms with Crippen molar-refractivity contribution in [1.82, 2.24) is 0 Å². The zero-order valence-electron chi connectivity index (χ0n) is 12.4. The van der Waals surface area contributed by atoms with Crippen LogP contribution in [0.4, 0.5) is 0 Å². The highest BCUT2D eigenvalue weighted by atomic mass is 32.2. The van der Waals surface area contributed by atoms with Crippen LogP contribution in [0.5, 0.6) is 23.0 Å². The molecule has 2 N–H and O–H groups in total. The molecule has 0 aliphatic carbocycles. The summed E-state index contributed by atoms with van der Waals surface area (Å²) in [5.74, 6) is 0.0136. The molecule has 23 heavy (non-hydrogen) atoms. The fourth-order valence-electron chi connectivity index (χ4n) is 1.78. The molecule has 0 spiro atoms. The highest BCUT2D eigenvalue weighted by Crippen LogP contribution is 2.29. The molecule has 0 saturated carbocycles. The average molecular weight is 337 g/mol. The zero-order valence-corrected chi connectivity index (χ0v) is 13.2. The Hall–Kier alpha value is -2.74. The van der Waals surface area contributed by atoms with E-state index < -0.39 is 10.0 Å². The predicted molar refractivity (Wildman–Crippen MR) is 84.1 cm³/mol. The summed E-state index contributed by atoms with van der Waals surface area (Å²) >= 11 is 0. The molecule has 7 nitrogen and oxygen atoms in total. The molecule has 8 heteroatoms. The average Bonchev–Trinajstić information content (AvgIpc) is 2.54. The predicted octanol–water partition coefficient (Wildman–Crippen LogP) is 1.92. The van der Waals surface area contributed by atoms with Crippen LogP contribution in [-0.4, -0.2) is 39.1 Å². The molecule has 0 aromatic heterocycles. The summed E-state index contributed by atoms with van der Waals surface area (Å²) in [5, 5.41) is 19.0. The van der Waals surface area contributed by atoms with Crippen molar-refractivity contribution in [3.63, 3.8) is 0 Å². The summed E-state index contributed by atoms with van der Waals surface area (Å²) < 4.78 is 37.8. The summed E-state index contributed by atoms with van der Waals surface area (Å²) in [6.45, 7) is 0. The van der Waals surface area contributed by atoms with Gasteiger partial charge < -0.3 is 19.7 Å². The molecule has 0 saturated heterocycles. The Bertz CT molecular complexity index is 845. The third-order valence-corrected chi connectivity index (χ3v) is 4.23. The van der Waals surface area contributed by atoms with Crippen LogP contribution < -0.4 is 9.47 Å². The fraction of sp³-hybridized carbons (Fsp3) is 0.133. The number of benzene rings is 2. The van der Waals surface area contributed by atoms with E-state index >= 15 is 0 Å². The SMILES string of the molecule is COc1cc(C=NS(=O)(=O)c2ccc(O)c(OC)c2)ccc1O. The molecule has 0 atom stereocenters. The van der Waals surface area contributed by atoms with Crippen molar-refractivity contribution in [2.75, 3.05) is 14.2 Å². The van der Waals surface area contributed by atoms with Gasteiger partial charge in [0, 0.05) is 12.3 Å². The van der Waals surface area contributed by atoms with Gasteiger partial charge in [0.15, 0.2) is 23.0 Å². The Kier molecular flexibility index (Phi) is 4.75. The fourth-order valence-corrected chi connectivity index (χ4v) is 2.66. The lowest BCUT2D eigenvalue weighted by Gasteiger charge is -2.05. The quantitative estimate of drug-likeness (QED) is 0.808. The minimum absolute atomic E-state index is 0.0348. The van der Waals surface area contributed by atoms with Gasteiger partial charge in [-0.3, -0.25) is 0 Å². The Morgan fingerprint density at radius 1 is 0.957 bits per heavy atom. The van der Waals surface area contributed by atoms with E-state index in [2.05, 4.69) is 4.40 Å². The van der Waals surface area contributed by atoms with Crippen LogP contribution in [0.15, 0.2) is 45.7 Å². The van der Waals surface area contributed by atoms with E-state index in [1.165, 1.54) is 50.6 Å². The molecule has 0 fully saturated rings. The van der Waals surface area contributed by atoms with Gasteiger partial charge in [0.1, 0.15) is 0 Å². The maximum absolute atomic E-state index is 12.2. The highest BCUT2D eigenvalue weighted by Gasteiger charge is 2.15. The zero-order chi connectivity index (χ0) is 17.0. The largest absolute Gasteiger partial charge is 0.504 e. The summed E-state index contributed by atoms with van der Waals surface area (Å²) in [6.07, 6.45) is 1.14. The van der Waals surface area contributed by atoms with Crippen molar-refractivity contribution in [2.24, 2.45) is 4.40 Å². The Balaban J connectivity index is 2.34. The molecule has 0 aliphatic rings. The maximum atomic E-state index is 12.2. The topological polar surface area (TPSA) is 105 Å². The molecule has 0 unspecified atom stereocenters. The van der Waals surface area contributed by atoms with Crippen LogP contribution in [0.1, 0.15) is 5.56 Å². The van der Waals surface area contributed by atoms with Crippen LogP contribution in [0.25, 0.3) is 0 Å². The van der Waals surface area contributed by atoms with Gasteiger partial charge in [-0.15, -0.1) is 0 Å². The third kappa shape index (κ3) is 3.72. The number of rotatable bonds is 5. The van der Waals surface area contributed by atoms with Crippen LogP contribution in [0.2, 0.25) is 0 Å². The first-order valence-corrected chi connectivity index (χ1v) is 7.85. The first kappa shape index (κ1) is 16.6. The minimum atomic E-state index is -3.96. The van der Waals surface area contributed by atoms with Gasteiger partial charge in [0.25, 0.3) is 10.0 Å². The number of hydrogen-bond donors (Lipinski definition) is 2. The Labute approximate surface area is 133 Å². The van der Waals surface area contributed by atoms with E-state index in [1.807, 2.05) is 0 Å². The molecule has 122 valence electrons.